The van der Waals surface area contributed by atoms with E-state index in [1.165, 1.54) is 0 Å². The molecule has 1 rings (SSSR count). The molecule has 0 aliphatic rings. The fourth-order valence-corrected chi connectivity index (χ4v) is 2.18. The predicted molar refractivity (Wildman–Crippen MR) is 77.3 cm³/mol. The first-order chi connectivity index (χ1) is 8.40. The molecule has 0 radical (unpaired) electrons. The zero-order valence-corrected chi connectivity index (χ0v) is 12.5. The third-order valence-electron chi connectivity index (χ3n) is 2.50. The van der Waals surface area contributed by atoms with Crippen LogP contribution in [0, 0.1) is 9.49 Å². The van der Waals surface area contributed by atoms with E-state index in [-0.39, 0.29) is 18.2 Å². The van der Waals surface area contributed by atoms with Gasteiger partial charge < -0.3 is 10.4 Å². The first-order valence-electron chi connectivity index (χ1n) is 5.66. The van der Waals surface area contributed by atoms with Crippen molar-refractivity contribution in [1.29, 1.82) is 0 Å². The van der Waals surface area contributed by atoms with Gasteiger partial charge in [-0.05, 0) is 46.2 Å². The van der Waals surface area contributed by atoms with Crippen LogP contribution in [-0.2, 0) is 16.0 Å². The van der Waals surface area contributed by atoms with Crippen LogP contribution in [0.4, 0.5) is 0 Å². The van der Waals surface area contributed by atoms with E-state index in [9.17, 15) is 9.59 Å². The molecule has 0 saturated carbocycles. The number of halogens is 1. The molecule has 0 aromatic heterocycles. The van der Waals surface area contributed by atoms with Crippen molar-refractivity contribution in [2.45, 2.75) is 26.3 Å². The normalized spacial score (nSPS) is 12.2. The summed E-state index contributed by atoms with van der Waals surface area (Å²) in [5, 5.41) is 11.5. The van der Waals surface area contributed by atoms with Crippen molar-refractivity contribution in [3.8, 4) is 0 Å². The molecular formula is C13H16INO3. The molecule has 2 N–H and O–H groups in total. The van der Waals surface area contributed by atoms with Gasteiger partial charge >= 0.3 is 5.97 Å². The molecule has 1 amide bonds. The van der Waals surface area contributed by atoms with E-state index in [0.717, 1.165) is 9.13 Å². The van der Waals surface area contributed by atoms with Gasteiger partial charge in [0.25, 0.3) is 0 Å². The highest BCUT2D eigenvalue weighted by Gasteiger charge is 2.23. The van der Waals surface area contributed by atoms with E-state index in [0.29, 0.717) is 0 Å². The average Bonchev–Trinajstić information content (AvgIpc) is 2.25. The molecule has 5 heteroatoms. The Kier molecular flexibility index (Phi) is 5.58. The smallest absolute Gasteiger partial charge is 0.326 e. The fourth-order valence-electron chi connectivity index (χ4n) is 1.57. The number of carboxylic acid groups (broad SMARTS) is 1. The van der Waals surface area contributed by atoms with Gasteiger partial charge in [0.15, 0.2) is 0 Å². The van der Waals surface area contributed by atoms with Crippen LogP contribution in [0.5, 0.6) is 0 Å². The number of carboxylic acids is 1. The number of carbonyl (C=O) groups excluding carboxylic acids is 1. The van der Waals surface area contributed by atoms with Gasteiger partial charge in [0, 0.05) is 3.57 Å². The van der Waals surface area contributed by atoms with Gasteiger partial charge in [0.05, 0.1) is 6.42 Å². The van der Waals surface area contributed by atoms with E-state index in [2.05, 4.69) is 27.9 Å². The van der Waals surface area contributed by atoms with E-state index >= 15 is 0 Å². The topological polar surface area (TPSA) is 66.4 Å². The van der Waals surface area contributed by atoms with Gasteiger partial charge in [-0.15, -0.1) is 0 Å². The first-order valence-corrected chi connectivity index (χ1v) is 6.74. The minimum Gasteiger partial charge on any atom is -0.480 e. The number of nitrogens with one attached hydrogen (secondary N) is 1. The summed E-state index contributed by atoms with van der Waals surface area (Å²) in [6.07, 6.45) is 0.202. The van der Waals surface area contributed by atoms with E-state index in [1.807, 2.05) is 24.3 Å². The summed E-state index contributed by atoms with van der Waals surface area (Å²) < 4.78 is 1.05. The van der Waals surface area contributed by atoms with Gasteiger partial charge in [-0.25, -0.2) is 4.79 Å². The largest absolute Gasteiger partial charge is 0.480 e. The van der Waals surface area contributed by atoms with Gasteiger partial charge in [-0.1, -0.05) is 26.0 Å². The highest BCUT2D eigenvalue weighted by atomic mass is 127. The van der Waals surface area contributed by atoms with Crippen molar-refractivity contribution in [2.24, 2.45) is 5.92 Å². The number of hydrogen-bond donors (Lipinski definition) is 2. The Morgan fingerprint density at radius 1 is 1.39 bits per heavy atom. The lowest BCUT2D eigenvalue weighted by atomic mass is 10.0. The molecule has 0 heterocycles. The maximum absolute atomic E-state index is 11.8. The molecule has 98 valence electrons. The molecule has 1 aromatic rings. The molecule has 0 spiro atoms. The number of rotatable bonds is 5. The highest BCUT2D eigenvalue weighted by Crippen LogP contribution is 2.09. The average molecular weight is 361 g/mol. The SMILES string of the molecule is CC(C)[C@@H](NC(=O)Cc1cccc(I)c1)C(=O)O. The summed E-state index contributed by atoms with van der Waals surface area (Å²) in [5.41, 5.74) is 0.882. The molecule has 0 aliphatic carbocycles. The monoisotopic (exact) mass is 361 g/mol. The molecule has 0 bridgehead atoms. The van der Waals surface area contributed by atoms with Crippen LogP contribution in [-0.4, -0.2) is 23.0 Å². The summed E-state index contributed by atoms with van der Waals surface area (Å²) in [4.78, 5) is 22.7. The maximum atomic E-state index is 11.8. The third kappa shape index (κ3) is 4.64. The van der Waals surface area contributed by atoms with E-state index in [4.69, 9.17) is 5.11 Å². The van der Waals surface area contributed by atoms with Crippen molar-refractivity contribution in [3.63, 3.8) is 0 Å². The van der Waals surface area contributed by atoms with Crippen molar-refractivity contribution in [2.75, 3.05) is 0 Å². The maximum Gasteiger partial charge on any atom is 0.326 e. The van der Waals surface area contributed by atoms with Crippen molar-refractivity contribution >= 4 is 34.5 Å². The van der Waals surface area contributed by atoms with Crippen molar-refractivity contribution in [3.05, 3.63) is 33.4 Å². The number of aliphatic carboxylic acids is 1. The molecular weight excluding hydrogens is 345 g/mol. The summed E-state index contributed by atoms with van der Waals surface area (Å²) in [5.74, 6) is -1.40. The Balaban J connectivity index is 2.63. The quantitative estimate of drug-likeness (QED) is 0.789. The van der Waals surface area contributed by atoms with E-state index < -0.39 is 12.0 Å². The van der Waals surface area contributed by atoms with Gasteiger partial charge in [0.1, 0.15) is 6.04 Å². The van der Waals surface area contributed by atoms with Crippen LogP contribution in [0.1, 0.15) is 19.4 Å². The molecule has 0 fully saturated rings. The van der Waals surface area contributed by atoms with Gasteiger partial charge in [-0.2, -0.15) is 0 Å². The number of hydrogen-bond acceptors (Lipinski definition) is 2. The van der Waals surface area contributed by atoms with Crippen LogP contribution in [0.3, 0.4) is 0 Å². The minimum absolute atomic E-state index is 0.137. The summed E-state index contributed by atoms with van der Waals surface area (Å²) >= 11 is 2.17. The summed E-state index contributed by atoms with van der Waals surface area (Å²) in [6, 6.07) is 6.75. The number of amides is 1. The molecule has 18 heavy (non-hydrogen) atoms. The van der Waals surface area contributed by atoms with E-state index in [1.54, 1.807) is 13.8 Å². The highest BCUT2D eigenvalue weighted by molar-refractivity contribution is 14.1. The van der Waals surface area contributed by atoms with Crippen LogP contribution < -0.4 is 5.32 Å². The first kappa shape index (κ1) is 14.9. The zero-order valence-electron chi connectivity index (χ0n) is 10.3. The second kappa shape index (κ2) is 6.72. The summed E-state index contributed by atoms with van der Waals surface area (Å²) in [6.45, 7) is 3.54. The van der Waals surface area contributed by atoms with Crippen molar-refractivity contribution in [1.82, 2.24) is 5.32 Å². The van der Waals surface area contributed by atoms with Crippen LogP contribution in [0.2, 0.25) is 0 Å². The zero-order chi connectivity index (χ0) is 13.7. The molecule has 1 atom stereocenters. The lowest BCUT2D eigenvalue weighted by Crippen LogP contribution is -2.44. The second-order valence-electron chi connectivity index (χ2n) is 4.43. The van der Waals surface area contributed by atoms with Gasteiger partial charge in [0.2, 0.25) is 5.91 Å². The lowest BCUT2D eigenvalue weighted by Gasteiger charge is -2.17. The Bertz CT molecular complexity index is 446. The van der Waals surface area contributed by atoms with Crippen LogP contribution in [0.15, 0.2) is 24.3 Å². The molecule has 0 aliphatic heterocycles. The molecule has 1 aromatic carbocycles. The lowest BCUT2D eigenvalue weighted by molar-refractivity contribution is -0.143. The van der Waals surface area contributed by atoms with Crippen LogP contribution in [0.25, 0.3) is 0 Å². The molecule has 4 nitrogen and oxygen atoms in total. The minimum atomic E-state index is -0.999. The fraction of sp³-hybridized carbons (Fsp3) is 0.385. The summed E-state index contributed by atoms with van der Waals surface area (Å²) in [7, 11) is 0. The molecule has 0 saturated heterocycles. The second-order valence-corrected chi connectivity index (χ2v) is 5.68. The Labute approximate surface area is 120 Å². The third-order valence-corrected chi connectivity index (χ3v) is 3.17. The standard InChI is InChI=1S/C13H16INO3/c1-8(2)12(13(17)18)15-11(16)7-9-4-3-5-10(14)6-9/h3-6,8,12H,7H2,1-2H3,(H,15,16)(H,17,18)/t12-/m1/s1. The predicted octanol–water partition coefficient (Wildman–Crippen LogP) is 2.06. The number of benzene rings is 1. The number of carbonyl (C=O) groups is 2. The van der Waals surface area contributed by atoms with Crippen molar-refractivity contribution < 1.29 is 14.7 Å². The Morgan fingerprint density at radius 3 is 2.56 bits per heavy atom. The molecule has 0 unspecified atom stereocenters. The Morgan fingerprint density at radius 2 is 2.06 bits per heavy atom. The Hall–Kier alpha value is -1.11. The van der Waals surface area contributed by atoms with Gasteiger partial charge in [-0.3, -0.25) is 4.79 Å². The van der Waals surface area contributed by atoms with Crippen LogP contribution >= 0.6 is 22.6 Å².